The summed E-state index contributed by atoms with van der Waals surface area (Å²) in [7, 11) is 0. The quantitative estimate of drug-likeness (QED) is 0.352. The molecule has 0 radical (unpaired) electrons. The Labute approximate surface area is 106 Å². The van der Waals surface area contributed by atoms with E-state index in [2.05, 4.69) is 10.0 Å². The van der Waals surface area contributed by atoms with Crippen LogP contribution in [0, 0.1) is 6.92 Å². The molecule has 0 saturated heterocycles. The molecule has 5 heteroatoms. The largest absolute Gasteiger partial charge is 0.396 e. The molecule has 0 bridgehead atoms. The standard InChI is InChI=1S/C12H16ClN3O/c1-9-5-6-10(13)8-11(9)12(15-16-14)4-2-3-7-17/h5-6,8,12,17H,2-4,7H2,1H3. The number of hydrogen-bond acceptors (Lipinski definition) is 2. The van der Waals surface area contributed by atoms with E-state index in [9.17, 15) is 0 Å². The molecule has 1 aromatic carbocycles. The molecule has 0 fully saturated rings. The minimum Gasteiger partial charge on any atom is -0.396 e. The van der Waals surface area contributed by atoms with Gasteiger partial charge in [-0.15, -0.1) is 0 Å². The van der Waals surface area contributed by atoms with Crippen LogP contribution < -0.4 is 0 Å². The molecule has 4 nitrogen and oxygen atoms in total. The zero-order chi connectivity index (χ0) is 12.7. The molecular weight excluding hydrogens is 238 g/mol. The average molecular weight is 254 g/mol. The van der Waals surface area contributed by atoms with Gasteiger partial charge >= 0.3 is 0 Å². The van der Waals surface area contributed by atoms with E-state index >= 15 is 0 Å². The van der Waals surface area contributed by atoms with Crippen molar-refractivity contribution in [2.45, 2.75) is 32.2 Å². The Morgan fingerprint density at radius 3 is 2.88 bits per heavy atom. The molecule has 0 aliphatic carbocycles. The summed E-state index contributed by atoms with van der Waals surface area (Å²) in [6, 6.07) is 5.38. The van der Waals surface area contributed by atoms with Crippen molar-refractivity contribution in [2.24, 2.45) is 5.11 Å². The van der Waals surface area contributed by atoms with Crippen molar-refractivity contribution in [1.29, 1.82) is 0 Å². The van der Waals surface area contributed by atoms with Crippen LogP contribution in [-0.2, 0) is 0 Å². The van der Waals surface area contributed by atoms with Crippen LogP contribution in [-0.4, -0.2) is 11.7 Å². The summed E-state index contributed by atoms with van der Waals surface area (Å²) in [6.07, 6.45) is 2.27. The van der Waals surface area contributed by atoms with Gasteiger partial charge in [-0.3, -0.25) is 0 Å². The molecule has 1 rings (SSSR count). The lowest BCUT2D eigenvalue weighted by molar-refractivity contribution is 0.281. The molecule has 1 aromatic rings. The van der Waals surface area contributed by atoms with E-state index in [-0.39, 0.29) is 12.6 Å². The first-order valence-electron chi connectivity index (χ1n) is 5.60. The van der Waals surface area contributed by atoms with Gasteiger partial charge in [-0.1, -0.05) is 29.2 Å². The minimum absolute atomic E-state index is 0.164. The van der Waals surface area contributed by atoms with Crippen LogP contribution >= 0.6 is 11.6 Å². The third-order valence-electron chi connectivity index (χ3n) is 2.68. The number of benzene rings is 1. The van der Waals surface area contributed by atoms with Crippen molar-refractivity contribution in [3.8, 4) is 0 Å². The summed E-state index contributed by atoms with van der Waals surface area (Å²) in [5.41, 5.74) is 10.6. The molecule has 0 aliphatic rings. The normalized spacial score (nSPS) is 11.9. The summed E-state index contributed by atoms with van der Waals surface area (Å²) < 4.78 is 0. The number of aryl methyl sites for hydroxylation is 1. The maximum absolute atomic E-state index is 8.75. The third-order valence-corrected chi connectivity index (χ3v) is 2.91. The van der Waals surface area contributed by atoms with Crippen LogP contribution in [0.1, 0.15) is 36.4 Å². The third kappa shape index (κ3) is 4.27. The predicted octanol–water partition coefficient (Wildman–Crippen LogP) is 4.16. The van der Waals surface area contributed by atoms with E-state index in [1.807, 2.05) is 25.1 Å². The van der Waals surface area contributed by atoms with Crippen molar-refractivity contribution in [3.63, 3.8) is 0 Å². The zero-order valence-corrected chi connectivity index (χ0v) is 10.6. The Morgan fingerprint density at radius 1 is 1.47 bits per heavy atom. The van der Waals surface area contributed by atoms with Crippen LogP contribution in [0.4, 0.5) is 0 Å². The molecule has 1 N–H and O–H groups in total. The lowest BCUT2D eigenvalue weighted by Crippen LogP contribution is -1.98. The second-order valence-electron chi connectivity index (χ2n) is 3.94. The first kappa shape index (κ1) is 13.8. The number of aliphatic hydroxyl groups excluding tert-OH is 1. The zero-order valence-electron chi connectivity index (χ0n) is 9.80. The lowest BCUT2D eigenvalue weighted by atomic mass is 9.97. The SMILES string of the molecule is Cc1ccc(Cl)cc1C(CCCCO)N=[N+]=[N-]. The molecule has 0 amide bonds. The fraction of sp³-hybridized carbons (Fsp3) is 0.500. The summed E-state index contributed by atoms with van der Waals surface area (Å²) in [4.78, 5) is 2.88. The Morgan fingerprint density at radius 2 is 2.24 bits per heavy atom. The highest BCUT2D eigenvalue weighted by atomic mass is 35.5. The van der Waals surface area contributed by atoms with E-state index in [0.29, 0.717) is 5.02 Å². The first-order chi connectivity index (χ1) is 8.19. The highest BCUT2D eigenvalue weighted by Crippen LogP contribution is 2.28. The number of rotatable bonds is 6. The van der Waals surface area contributed by atoms with Crippen LogP contribution in [0.3, 0.4) is 0 Å². The molecule has 0 saturated carbocycles. The van der Waals surface area contributed by atoms with Gasteiger partial charge in [-0.2, -0.15) is 0 Å². The van der Waals surface area contributed by atoms with Gasteiger partial charge in [0.1, 0.15) is 0 Å². The summed E-state index contributed by atoms with van der Waals surface area (Å²) in [5.74, 6) is 0. The van der Waals surface area contributed by atoms with E-state index in [4.69, 9.17) is 22.2 Å². The fourth-order valence-electron chi connectivity index (χ4n) is 1.76. The van der Waals surface area contributed by atoms with Crippen molar-refractivity contribution < 1.29 is 5.11 Å². The molecule has 1 unspecified atom stereocenters. The lowest BCUT2D eigenvalue weighted by Gasteiger charge is -2.14. The maximum atomic E-state index is 8.75. The number of nitrogens with zero attached hydrogens (tertiary/aromatic N) is 3. The Kier molecular flexibility index (Phi) is 5.84. The molecule has 92 valence electrons. The molecular formula is C12H16ClN3O. The average Bonchev–Trinajstić information content (AvgIpc) is 2.32. The van der Waals surface area contributed by atoms with Crippen LogP contribution in [0.5, 0.6) is 0 Å². The number of aliphatic hydroxyl groups is 1. The molecule has 17 heavy (non-hydrogen) atoms. The Bertz CT molecular complexity index is 416. The number of azide groups is 1. The van der Waals surface area contributed by atoms with E-state index in [1.165, 1.54) is 0 Å². The van der Waals surface area contributed by atoms with Crippen molar-refractivity contribution >= 4 is 11.6 Å². The second kappa shape index (κ2) is 7.17. The Hall–Kier alpha value is -1.22. The smallest absolute Gasteiger partial charge is 0.0628 e. The number of halogens is 1. The number of unbranched alkanes of at least 4 members (excludes halogenated alkanes) is 1. The van der Waals surface area contributed by atoms with E-state index in [1.54, 1.807) is 0 Å². The van der Waals surface area contributed by atoms with Gasteiger partial charge in [0.05, 0.1) is 6.04 Å². The van der Waals surface area contributed by atoms with Gasteiger partial charge in [0, 0.05) is 16.5 Å². The van der Waals surface area contributed by atoms with Gasteiger partial charge in [-0.25, -0.2) is 0 Å². The summed E-state index contributed by atoms with van der Waals surface area (Å²) in [5, 5.41) is 13.2. The van der Waals surface area contributed by atoms with Crippen LogP contribution in [0.15, 0.2) is 23.3 Å². The van der Waals surface area contributed by atoms with Gasteiger partial charge in [-0.05, 0) is 48.6 Å². The fourth-order valence-corrected chi connectivity index (χ4v) is 1.94. The molecule has 0 aromatic heterocycles. The highest BCUT2D eigenvalue weighted by molar-refractivity contribution is 6.30. The van der Waals surface area contributed by atoms with Crippen molar-refractivity contribution in [2.75, 3.05) is 6.61 Å². The predicted molar refractivity (Wildman–Crippen MR) is 69.0 cm³/mol. The highest BCUT2D eigenvalue weighted by Gasteiger charge is 2.12. The summed E-state index contributed by atoms with van der Waals surface area (Å²) >= 11 is 5.95. The summed E-state index contributed by atoms with van der Waals surface area (Å²) in [6.45, 7) is 2.13. The van der Waals surface area contributed by atoms with Gasteiger partial charge in [0.25, 0.3) is 0 Å². The minimum atomic E-state index is -0.203. The van der Waals surface area contributed by atoms with E-state index in [0.717, 1.165) is 30.4 Å². The van der Waals surface area contributed by atoms with Gasteiger partial charge in [0.2, 0.25) is 0 Å². The van der Waals surface area contributed by atoms with Crippen molar-refractivity contribution in [1.82, 2.24) is 0 Å². The van der Waals surface area contributed by atoms with Crippen LogP contribution in [0.2, 0.25) is 5.02 Å². The first-order valence-corrected chi connectivity index (χ1v) is 5.98. The van der Waals surface area contributed by atoms with Crippen LogP contribution in [0.25, 0.3) is 10.4 Å². The maximum Gasteiger partial charge on any atom is 0.0628 e. The monoisotopic (exact) mass is 253 g/mol. The second-order valence-corrected chi connectivity index (χ2v) is 4.38. The van der Waals surface area contributed by atoms with E-state index < -0.39 is 0 Å². The molecule has 0 heterocycles. The van der Waals surface area contributed by atoms with Gasteiger partial charge < -0.3 is 5.11 Å². The molecule has 0 aliphatic heterocycles. The van der Waals surface area contributed by atoms with Gasteiger partial charge in [0.15, 0.2) is 0 Å². The molecule has 1 atom stereocenters. The van der Waals surface area contributed by atoms with Crippen molar-refractivity contribution in [3.05, 3.63) is 44.8 Å². The topological polar surface area (TPSA) is 69.0 Å². The number of hydrogen-bond donors (Lipinski definition) is 1. The Balaban J connectivity index is 2.88. The molecule has 0 spiro atoms.